The lowest BCUT2D eigenvalue weighted by Gasteiger charge is -2.28. The van der Waals surface area contributed by atoms with Crippen LogP contribution in [-0.2, 0) is 11.3 Å². The molecule has 10 heteroatoms. The van der Waals surface area contributed by atoms with E-state index in [9.17, 15) is 4.79 Å². The van der Waals surface area contributed by atoms with Crippen LogP contribution in [0.3, 0.4) is 0 Å². The number of thioether (sulfide) groups is 1. The largest absolute Gasteiger partial charge is 0.459 e. The van der Waals surface area contributed by atoms with Gasteiger partial charge in [0.25, 0.3) is 5.91 Å². The fraction of sp³-hybridized carbons (Fsp3) is 0.474. The number of nitrogens with zero attached hydrogens (tertiary/aromatic N) is 5. The van der Waals surface area contributed by atoms with Crippen LogP contribution in [-0.4, -0.2) is 64.3 Å². The van der Waals surface area contributed by atoms with E-state index < -0.39 is 0 Å². The number of morpholine rings is 1. The molecule has 0 bridgehead atoms. The highest BCUT2D eigenvalue weighted by atomic mass is 32.2. The number of fused-ring (bicyclic) bond motifs is 1. The highest BCUT2D eigenvalue weighted by molar-refractivity contribution is 7.99. The summed E-state index contributed by atoms with van der Waals surface area (Å²) in [6.45, 7) is 6.05. The third kappa shape index (κ3) is 4.54. The van der Waals surface area contributed by atoms with Crippen LogP contribution in [0, 0.1) is 0 Å². The number of aromatic nitrogens is 4. The van der Waals surface area contributed by atoms with Crippen LogP contribution < -0.4 is 10.2 Å². The SMILES string of the molecule is CCCSc1nc(N2CCOCC2)c2cnn(CCNC(=O)c3ccco3)c2n1. The maximum Gasteiger partial charge on any atom is 0.287 e. The van der Waals surface area contributed by atoms with E-state index in [1.807, 2.05) is 10.9 Å². The second kappa shape index (κ2) is 9.27. The summed E-state index contributed by atoms with van der Waals surface area (Å²) in [5.41, 5.74) is 0.785. The summed E-state index contributed by atoms with van der Waals surface area (Å²) in [5, 5.41) is 9.02. The Labute approximate surface area is 172 Å². The van der Waals surface area contributed by atoms with Gasteiger partial charge in [-0.1, -0.05) is 18.7 Å². The summed E-state index contributed by atoms with van der Waals surface area (Å²) in [6.07, 6.45) is 4.34. The summed E-state index contributed by atoms with van der Waals surface area (Å²) in [5.74, 6) is 1.92. The van der Waals surface area contributed by atoms with Crippen LogP contribution in [0.2, 0.25) is 0 Å². The molecular weight excluding hydrogens is 392 g/mol. The maximum atomic E-state index is 12.0. The molecule has 1 aliphatic heterocycles. The van der Waals surface area contributed by atoms with E-state index in [0.29, 0.717) is 32.1 Å². The van der Waals surface area contributed by atoms with E-state index in [4.69, 9.17) is 19.1 Å². The standard InChI is InChI=1S/C19H24N6O3S/c1-2-12-29-19-22-16(24-7-10-27-11-8-24)14-13-21-25(17(14)23-19)6-5-20-18(26)15-4-3-9-28-15/h3-4,9,13H,2,5-8,10-12H2,1H3,(H,20,26). The van der Waals surface area contributed by atoms with Crippen LogP contribution in [0.15, 0.2) is 34.2 Å². The smallest absolute Gasteiger partial charge is 0.287 e. The van der Waals surface area contributed by atoms with Crippen LogP contribution in [0.5, 0.6) is 0 Å². The highest BCUT2D eigenvalue weighted by Crippen LogP contribution is 2.28. The zero-order valence-electron chi connectivity index (χ0n) is 16.3. The first-order valence-corrected chi connectivity index (χ1v) is 10.8. The fourth-order valence-electron chi connectivity index (χ4n) is 3.13. The molecule has 1 fully saturated rings. The minimum atomic E-state index is -0.241. The Morgan fingerprint density at radius 2 is 2.17 bits per heavy atom. The predicted octanol–water partition coefficient (Wildman–Crippen LogP) is 2.19. The molecule has 3 aromatic rings. The molecule has 29 heavy (non-hydrogen) atoms. The Kier molecular flexibility index (Phi) is 6.30. The molecule has 4 heterocycles. The van der Waals surface area contributed by atoms with E-state index in [-0.39, 0.29) is 5.91 Å². The summed E-state index contributed by atoms with van der Waals surface area (Å²) in [7, 11) is 0. The monoisotopic (exact) mass is 416 g/mol. The van der Waals surface area contributed by atoms with Gasteiger partial charge in [0.15, 0.2) is 16.6 Å². The lowest BCUT2D eigenvalue weighted by Crippen LogP contribution is -2.37. The molecule has 4 rings (SSSR count). The number of amides is 1. The molecule has 9 nitrogen and oxygen atoms in total. The zero-order chi connectivity index (χ0) is 20.1. The van der Waals surface area contributed by atoms with Crippen LogP contribution >= 0.6 is 11.8 Å². The number of nitrogens with one attached hydrogen (secondary N) is 1. The van der Waals surface area contributed by atoms with E-state index >= 15 is 0 Å². The first-order chi connectivity index (χ1) is 14.3. The van der Waals surface area contributed by atoms with Gasteiger partial charge in [0, 0.05) is 25.4 Å². The van der Waals surface area contributed by atoms with Crippen molar-refractivity contribution in [2.24, 2.45) is 0 Å². The highest BCUT2D eigenvalue weighted by Gasteiger charge is 2.20. The number of anilines is 1. The molecule has 0 atom stereocenters. The quantitative estimate of drug-likeness (QED) is 0.441. The molecule has 0 radical (unpaired) electrons. The second-order valence-electron chi connectivity index (χ2n) is 6.62. The van der Waals surface area contributed by atoms with E-state index in [1.165, 1.54) is 6.26 Å². The van der Waals surface area contributed by atoms with Crippen molar-refractivity contribution in [2.75, 3.05) is 43.5 Å². The molecule has 0 unspecified atom stereocenters. The Morgan fingerprint density at radius 3 is 2.93 bits per heavy atom. The topological polar surface area (TPSA) is 98.3 Å². The van der Waals surface area contributed by atoms with Crippen molar-refractivity contribution in [1.29, 1.82) is 0 Å². The molecule has 154 valence electrons. The van der Waals surface area contributed by atoms with Crippen molar-refractivity contribution >= 4 is 34.5 Å². The van der Waals surface area contributed by atoms with Gasteiger partial charge in [-0.15, -0.1) is 0 Å². The molecule has 0 saturated carbocycles. The van der Waals surface area contributed by atoms with E-state index in [0.717, 1.165) is 47.3 Å². The number of ether oxygens (including phenoxy) is 1. The summed E-state index contributed by atoms with van der Waals surface area (Å²) in [4.78, 5) is 23.8. The minimum absolute atomic E-state index is 0.241. The summed E-state index contributed by atoms with van der Waals surface area (Å²) in [6, 6.07) is 3.33. The number of hydrogen-bond acceptors (Lipinski definition) is 8. The predicted molar refractivity (Wildman–Crippen MR) is 110 cm³/mol. The van der Waals surface area contributed by atoms with Crippen molar-refractivity contribution in [1.82, 2.24) is 25.1 Å². The van der Waals surface area contributed by atoms with Crippen molar-refractivity contribution < 1.29 is 13.9 Å². The van der Waals surface area contributed by atoms with Gasteiger partial charge in [-0.25, -0.2) is 14.6 Å². The molecule has 3 aromatic heterocycles. The Hall–Kier alpha value is -2.59. The van der Waals surface area contributed by atoms with Crippen LogP contribution in [0.1, 0.15) is 23.9 Å². The lowest BCUT2D eigenvalue weighted by molar-refractivity contribution is 0.0924. The lowest BCUT2D eigenvalue weighted by atomic mass is 10.3. The molecule has 1 saturated heterocycles. The number of carbonyl (C=O) groups excluding carboxylic acids is 1. The Balaban J connectivity index is 1.55. The Bertz CT molecular complexity index is 952. The third-order valence-corrected chi connectivity index (χ3v) is 5.61. The second-order valence-corrected chi connectivity index (χ2v) is 7.68. The molecule has 0 aliphatic carbocycles. The molecule has 1 N–H and O–H groups in total. The average Bonchev–Trinajstić information content (AvgIpc) is 3.43. The van der Waals surface area contributed by atoms with Gasteiger partial charge in [0.2, 0.25) is 0 Å². The number of rotatable bonds is 8. The molecule has 1 amide bonds. The molecule has 0 aromatic carbocycles. The van der Waals surface area contributed by atoms with Gasteiger partial charge in [-0.3, -0.25) is 4.79 Å². The van der Waals surface area contributed by atoms with Crippen molar-refractivity contribution in [3.8, 4) is 0 Å². The van der Waals surface area contributed by atoms with Crippen molar-refractivity contribution in [3.05, 3.63) is 30.4 Å². The van der Waals surface area contributed by atoms with Crippen LogP contribution in [0.4, 0.5) is 5.82 Å². The van der Waals surface area contributed by atoms with Crippen molar-refractivity contribution in [2.45, 2.75) is 25.0 Å². The molecule has 0 spiro atoms. The van der Waals surface area contributed by atoms with Gasteiger partial charge < -0.3 is 19.4 Å². The average molecular weight is 417 g/mol. The van der Waals surface area contributed by atoms with Crippen LogP contribution in [0.25, 0.3) is 11.0 Å². The zero-order valence-corrected chi connectivity index (χ0v) is 17.2. The molecular formula is C19H24N6O3S. The van der Waals surface area contributed by atoms with Gasteiger partial charge >= 0.3 is 0 Å². The fourth-order valence-corrected chi connectivity index (χ4v) is 3.82. The summed E-state index contributed by atoms with van der Waals surface area (Å²) < 4.78 is 12.4. The minimum Gasteiger partial charge on any atom is -0.459 e. The van der Waals surface area contributed by atoms with Crippen molar-refractivity contribution in [3.63, 3.8) is 0 Å². The van der Waals surface area contributed by atoms with Gasteiger partial charge in [-0.05, 0) is 18.6 Å². The number of carbonyl (C=O) groups is 1. The summed E-state index contributed by atoms with van der Waals surface area (Å²) >= 11 is 1.65. The number of hydrogen-bond donors (Lipinski definition) is 1. The Morgan fingerprint density at radius 1 is 1.31 bits per heavy atom. The third-order valence-electron chi connectivity index (χ3n) is 4.56. The first kappa shape index (κ1) is 19.7. The molecule has 1 aliphatic rings. The van der Waals surface area contributed by atoms with Gasteiger partial charge in [0.1, 0.15) is 5.82 Å². The van der Waals surface area contributed by atoms with Gasteiger partial charge in [-0.2, -0.15) is 5.10 Å². The normalized spacial score (nSPS) is 14.4. The van der Waals surface area contributed by atoms with E-state index in [1.54, 1.807) is 23.9 Å². The first-order valence-electron chi connectivity index (χ1n) is 9.77. The van der Waals surface area contributed by atoms with E-state index in [2.05, 4.69) is 22.2 Å². The number of furan rings is 1. The maximum absolute atomic E-state index is 12.0. The van der Waals surface area contributed by atoms with Gasteiger partial charge in [0.05, 0.1) is 37.6 Å².